The number of carboxylic acid groups (broad SMARTS) is 2. The highest BCUT2D eigenvalue weighted by Crippen LogP contribution is 2.10. The molecule has 0 spiro atoms. The van der Waals surface area contributed by atoms with E-state index in [0.717, 1.165) is 32.2 Å². The van der Waals surface area contributed by atoms with Crippen LogP contribution in [0.2, 0.25) is 0 Å². The molecule has 0 saturated carbocycles. The lowest BCUT2D eigenvalue weighted by molar-refractivity contribution is -0.144. The lowest BCUT2D eigenvalue weighted by Gasteiger charge is -2.27. The number of rotatable bonds is 17. The normalized spacial score (nSPS) is 11.7. The van der Waals surface area contributed by atoms with Crippen LogP contribution in [0.5, 0.6) is 0 Å². The first-order chi connectivity index (χ1) is 12.9. The second-order valence-corrected chi connectivity index (χ2v) is 6.93. The first-order valence-corrected chi connectivity index (χ1v) is 10.8. The zero-order chi connectivity index (χ0) is 20.9. The number of nitrogens with one attached hydrogen (secondary N) is 1. The molecule has 0 saturated heterocycles. The van der Waals surface area contributed by atoms with E-state index in [2.05, 4.69) is 26.1 Å². The maximum atomic E-state index is 11.2. The van der Waals surface area contributed by atoms with Gasteiger partial charge >= 0.3 is 11.9 Å². The number of carbonyl (C=O) groups is 2. The predicted molar refractivity (Wildman–Crippen MR) is 112 cm³/mol. The second-order valence-electron chi connectivity index (χ2n) is 6.93. The Bertz CT molecular complexity index is 345. The summed E-state index contributed by atoms with van der Waals surface area (Å²) in [5.41, 5.74) is 0. The van der Waals surface area contributed by atoms with Crippen molar-refractivity contribution in [3.8, 4) is 0 Å². The Morgan fingerprint density at radius 1 is 0.852 bits per heavy atom. The monoisotopic (exact) mass is 388 g/mol. The average Bonchev–Trinajstić information content (AvgIpc) is 2.63. The van der Waals surface area contributed by atoms with Gasteiger partial charge in [0.1, 0.15) is 6.04 Å². The minimum Gasteiger partial charge on any atom is -0.481 e. The molecule has 27 heavy (non-hydrogen) atoms. The van der Waals surface area contributed by atoms with E-state index >= 15 is 0 Å². The molecule has 0 rings (SSSR count). The summed E-state index contributed by atoms with van der Waals surface area (Å²) >= 11 is 0. The van der Waals surface area contributed by atoms with Crippen LogP contribution >= 0.6 is 0 Å². The molecule has 3 N–H and O–H groups in total. The minimum atomic E-state index is -0.941. The van der Waals surface area contributed by atoms with Crippen LogP contribution in [-0.4, -0.2) is 59.3 Å². The van der Waals surface area contributed by atoms with Crippen molar-refractivity contribution in [2.45, 2.75) is 97.9 Å². The standard InChI is InChI=1S/C13H25NO4.C8H19N/c1-3-5-6-7-10-14(4-2)11(13(17)18)8-9-12(15)16;1-3-5-7-9-8-6-4-2/h11H,3-10H2,1-2H3,(H,15,16)(H,17,18);9H,3-8H2,1-2H3/t11-;/m0./s1. The summed E-state index contributed by atoms with van der Waals surface area (Å²) in [6.45, 7) is 12.3. The molecule has 0 aromatic rings. The SMILES string of the molecule is CCCCCCN(CC)[C@@H](CCC(=O)O)C(=O)O.CCCCNCCCC. The number of carboxylic acids is 2. The fraction of sp³-hybridized carbons (Fsp3) is 0.905. The lowest BCUT2D eigenvalue weighted by Crippen LogP contribution is -2.42. The zero-order valence-corrected chi connectivity index (χ0v) is 18.1. The third-order valence-corrected chi connectivity index (χ3v) is 4.48. The highest BCUT2D eigenvalue weighted by Gasteiger charge is 2.24. The first-order valence-electron chi connectivity index (χ1n) is 10.8. The molecule has 0 bridgehead atoms. The van der Waals surface area contributed by atoms with E-state index in [1.54, 1.807) is 0 Å². The Balaban J connectivity index is 0. The summed E-state index contributed by atoms with van der Waals surface area (Å²) in [6.07, 6.45) is 9.70. The van der Waals surface area contributed by atoms with Gasteiger partial charge in [0.2, 0.25) is 0 Å². The lowest BCUT2D eigenvalue weighted by atomic mass is 10.1. The van der Waals surface area contributed by atoms with E-state index in [1.165, 1.54) is 38.8 Å². The molecule has 162 valence electrons. The molecule has 0 amide bonds. The van der Waals surface area contributed by atoms with Crippen molar-refractivity contribution < 1.29 is 19.8 Å². The van der Waals surface area contributed by atoms with Gasteiger partial charge in [-0.1, -0.05) is 59.8 Å². The van der Waals surface area contributed by atoms with Gasteiger partial charge in [0.15, 0.2) is 0 Å². The van der Waals surface area contributed by atoms with Crippen LogP contribution in [0.15, 0.2) is 0 Å². The third-order valence-electron chi connectivity index (χ3n) is 4.48. The van der Waals surface area contributed by atoms with Crippen molar-refractivity contribution in [2.24, 2.45) is 0 Å². The van der Waals surface area contributed by atoms with Gasteiger partial charge in [0.25, 0.3) is 0 Å². The maximum absolute atomic E-state index is 11.2. The molecule has 0 aliphatic rings. The topological polar surface area (TPSA) is 89.9 Å². The zero-order valence-electron chi connectivity index (χ0n) is 18.1. The Hall–Kier alpha value is -1.14. The van der Waals surface area contributed by atoms with Crippen LogP contribution in [0.1, 0.15) is 91.9 Å². The number of unbranched alkanes of at least 4 members (excludes halogenated alkanes) is 5. The highest BCUT2D eigenvalue weighted by atomic mass is 16.4. The molecular formula is C21H44N2O4. The first kappa shape index (κ1) is 28.1. The smallest absolute Gasteiger partial charge is 0.320 e. The van der Waals surface area contributed by atoms with Crippen molar-refractivity contribution >= 4 is 11.9 Å². The maximum Gasteiger partial charge on any atom is 0.320 e. The molecule has 0 aromatic carbocycles. The molecule has 0 unspecified atom stereocenters. The summed E-state index contributed by atoms with van der Waals surface area (Å²) in [6, 6.07) is -0.673. The summed E-state index contributed by atoms with van der Waals surface area (Å²) in [5.74, 6) is -1.86. The van der Waals surface area contributed by atoms with E-state index in [9.17, 15) is 9.59 Å². The summed E-state index contributed by atoms with van der Waals surface area (Å²) in [7, 11) is 0. The summed E-state index contributed by atoms with van der Waals surface area (Å²) in [5, 5.41) is 21.2. The molecule has 0 fully saturated rings. The van der Waals surface area contributed by atoms with Crippen molar-refractivity contribution in [1.29, 1.82) is 0 Å². The fourth-order valence-electron chi connectivity index (χ4n) is 2.73. The third kappa shape index (κ3) is 19.4. The van der Waals surface area contributed by atoms with Crippen molar-refractivity contribution in [3.05, 3.63) is 0 Å². The molecule has 0 heterocycles. The molecule has 6 heteroatoms. The average molecular weight is 389 g/mol. The summed E-state index contributed by atoms with van der Waals surface area (Å²) < 4.78 is 0. The molecule has 1 atom stereocenters. The van der Waals surface area contributed by atoms with Gasteiger partial charge in [-0.15, -0.1) is 0 Å². The van der Waals surface area contributed by atoms with Crippen molar-refractivity contribution in [3.63, 3.8) is 0 Å². The molecular weight excluding hydrogens is 344 g/mol. The molecule has 0 aliphatic heterocycles. The van der Waals surface area contributed by atoms with Crippen LogP contribution in [-0.2, 0) is 9.59 Å². The van der Waals surface area contributed by atoms with Crippen LogP contribution in [0.4, 0.5) is 0 Å². The van der Waals surface area contributed by atoms with Crippen LogP contribution in [0.3, 0.4) is 0 Å². The number of hydrogen-bond donors (Lipinski definition) is 3. The Morgan fingerprint density at radius 3 is 1.81 bits per heavy atom. The number of likely N-dealkylation sites (N-methyl/N-ethyl adjacent to an activating group) is 1. The molecule has 0 aromatic heterocycles. The Labute approximate surface area is 166 Å². The van der Waals surface area contributed by atoms with Gasteiger partial charge in [-0.05, 0) is 51.9 Å². The van der Waals surface area contributed by atoms with Gasteiger partial charge in [0.05, 0.1) is 0 Å². The van der Waals surface area contributed by atoms with E-state index in [-0.39, 0.29) is 12.8 Å². The fourth-order valence-corrected chi connectivity index (χ4v) is 2.73. The summed E-state index contributed by atoms with van der Waals surface area (Å²) in [4.78, 5) is 23.6. The van der Waals surface area contributed by atoms with Gasteiger partial charge in [0, 0.05) is 6.42 Å². The van der Waals surface area contributed by atoms with E-state index < -0.39 is 18.0 Å². The quantitative estimate of drug-likeness (QED) is 0.320. The van der Waals surface area contributed by atoms with Gasteiger partial charge in [-0.3, -0.25) is 14.5 Å². The van der Waals surface area contributed by atoms with Crippen LogP contribution < -0.4 is 5.32 Å². The molecule has 0 radical (unpaired) electrons. The second kappa shape index (κ2) is 21.2. The minimum absolute atomic E-state index is 0.0948. The van der Waals surface area contributed by atoms with E-state index in [0.29, 0.717) is 6.54 Å². The van der Waals surface area contributed by atoms with Crippen LogP contribution in [0, 0.1) is 0 Å². The van der Waals surface area contributed by atoms with Gasteiger partial charge < -0.3 is 15.5 Å². The Kier molecular flexibility index (Phi) is 22.0. The highest BCUT2D eigenvalue weighted by molar-refractivity contribution is 5.75. The van der Waals surface area contributed by atoms with E-state index in [4.69, 9.17) is 10.2 Å². The molecule has 6 nitrogen and oxygen atoms in total. The van der Waals surface area contributed by atoms with Gasteiger partial charge in [-0.25, -0.2) is 0 Å². The number of hydrogen-bond acceptors (Lipinski definition) is 4. The number of nitrogens with zero attached hydrogens (tertiary/aromatic N) is 1. The largest absolute Gasteiger partial charge is 0.481 e. The van der Waals surface area contributed by atoms with E-state index in [1.807, 2.05) is 11.8 Å². The van der Waals surface area contributed by atoms with Crippen molar-refractivity contribution in [2.75, 3.05) is 26.2 Å². The van der Waals surface area contributed by atoms with Crippen molar-refractivity contribution in [1.82, 2.24) is 10.2 Å². The Morgan fingerprint density at radius 2 is 1.41 bits per heavy atom. The van der Waals surface area contributed by atoms with Gasteiger partial charge in [-0.2, -0.15) is 0 Å². The predicted octanol–water partition coefficient (Wildman–Crippen LogP) is 4.38. The number of aliphatic carboxylic acids is 2. The molecule has 0 aliphatic carbocycles. The van der Waals surface area contributed by atoms with Crippen LogP contribution in [0.25, 0.3) is 0 Å².